The van der Waals surface area contributed by atoms with Crippen molar-refractivity contribution in [2.24, 2.45) is 0 Å². The highest BCUT2D eigenvalue weighted by Crippen LogP contribution is 2.22. The van der Waals surface area contributed by atoms with Crippen molar-refractivity contribution in [3.63, 3.8) is 0 Å². The number of rotatable bonds is 2. The lowest BCUT2D eigenvalue weighted by atomic mass is 10.2. The first kappa shape index (κ1) is 13.1. The van der Waals surface area contributed by atoms with Crippen LogP contribution in [0.15, 0.2) is 30.6 Å². The summed E-state index contributed by atoms with van der Waals surface area (Å²) in [7, 11) is 0. The van der Waals surface area contributed by atoms with E-state index in [1.807, 2.05) is 0 Å². The van der Waals surface area contributed by atoms with Crippen molar-refractivity contribution in [2.45, 2.75) is 0 Å². The molecule has 1 amide bonds. The van der Waals surface area contributed by atoms with E-state index in [0.717, 1.165) is 0 Å². The molecule has 1 N–H and O–H groups in total. The number of anilines is 1. The van der Waals surface area contributed by atoms with Crippen LogP contribution in [0.3, 0.4) is 0 Å². The van der Waals surface area contributed by atoms with E-state index >= 15 is 0 Å². The van der Waals surface area contributed by atoms with Crippen LogP contribution in [0.1, 0.15) is 10.4 Å². The van der Waals surface area contributed by atoms with E-state index in [-0.39, 0.29) is 10.2 Å². The summed E-state index contributed by atoms with van der Waals surface area (Å²) >= 11 is 17.3. The van der Waals surface area contributed by atoms with Gasteiger partial charge < -0.3 is 5.32 Å². The van der Waals surface area contributed by atoms with Crippen molar-refractivity contribution >= 4 is 46.5 Å². The summed E-state index contributed by atoms with van der Waals surface area (Å²) in [6, 6.07) is 6.03. The zero-order chi connectivity index (χ0) is 13.1. The number of hydrogen-bond acceptors (Lipinski definition) is 3. The number of benzene rings is 1. The van der Waals surface area contributed by atoms with E-state index in [4.69, 9.17) is 34.8 Å². The topological polar surface area (TPSA) is 54.9 Å². The zero-order valence-electron chi connectivity index (χ0n) is 8.82. The Balaban J connectivity index is 2.22. The van der Waals surface area contributed by atoms with Gasteiger partial charge in [-0.05, 0) is 18.2 Å². The Hall–Kier alpha value is -1.36. The van der Waals surface area contributed by atoms with Crippen LogP contribution >= 0.6 is 34.8 Å². The summed E-state index contributed by atoms with van der Waals surface area (Å²) in [4.78, 5) is 19.5. The maximum absolute atomic E-state index is 11.9. The molecule has 1 aromatic carbocycles. The number of carbonyl (C=O) groups excluding carboxylic acids is 1. The molecule has 18 heavy (non-hydrogen) atoms. The lowest BCUT2D eigenvalue weighted by Gasteiger charge is -2.06. The maximum Gasteiger partial charge on any atom is 0.258 e. The molecule has 0 aliphatic heterocycles. The van der Waals surface area contributed by atoms with Gasteiger partial charge in [0.25, 0.3) is 5.91 Å². The minimum atomic E-state index is -0.397. The summed E-state index contributed by atoms with van der Waals surface area (Å²) in [5.41, 5.74) is 0.302. The van der Waals surface area contributed by atoms with Crippen LogP contribution in [0, 0.1) is 0 Å². The van der Waals surface area contributed by atoms with Crippen molar-refractivity contribution in [3.8, 4) is 0 Å². The van der Waals surface area contributed by atoms with Gasteiger partial charge in [0.1, 0.15) is 17.3 Å². The summed E-state index contributed by atoms with van der Waals surface area (Å²) < 4.78 is 0. The normalized spacial score (nSPS) is 10.2. The molecule has 0 atom stereocenters. The fraction of sp³-hybridized carbons (Fsp3) is 0. The first-order valence-electron chi connectivity index (χ1n) is 4.80. The number of hydrogen-bond donors (Lipinski definition) is 1. The molecule has 1 heterocycles. The van der Waals surface area contributed by atoms with Gasteiger partial charge >= 0.3 is 0 Å². The molecule has 2 aromatic rings. The molecule has 7 heteroatoms. The van der Waals surface area contributed by atoms with Crippen LogP contribution in [0.4, 0.5) is 5.82 Å². The van der Waals surface area contributed by atoms with Gasteiger partial charge in [0, 0.05) is 11.1 Å². The predicted molar refractivity (Wildman–Crippen MR) is 71.5 cm³/mol. The Bertz CT molecular complexity index is 604. The van der Waals surface area contributed by atoms with Gasteiger partial charge in [-0.2, -0.15) is 0 Å². The van der Waals surface area contributed by atoms with Gasteiger partial charge in [0.05, 0.1) is 10.6 Å². The van der Waals surface area contributed by atoms with Gasteiger partial charge in [-0.3, -0.25) is 4.79 Å². The van der Waals surface area contributed by atoms with E-state index in [1.54, 1.807) is 6.07 Å². The van der Waals surface area contributed by atoms with E-state index in [9.17, 15) is 4.79 Å². The first-order chi connectivity index (χ1) is 8.56. The smallest absolute Gasteiger partial charge is 0.258 e. The number of carbonyl (C=O) groups is 1. The monoisotopic (exact) mass is 301 g/mol. The molecule has 0 radical (unpaired) electrons. The third-order valence-electron chi connectivity index (χ3n) is 2.05. The Morgan fingerprint density at radius 3 is 2.56 bits per heavy atom. The average Bonchev–Trinajstić information content (AvgIpc) is 2.28. The number of nitrogens with one attached hydrogen (secondary N) is 1. The molecule has 0 fully saturated rings. The molecule has 1 aromatic heterocycles. The summed E-state index contributed by atoms with van der Waals surface area (Å²) in [5, 5.41) is 3.52. The molecule has 0 unspecified atom stereocenters. The van der Waals surface area contributed by atoms with E-state index in [1.165, 1.54) is 24.5 Å². The lowest BCUT2D eigenvalue weighted by Crippen LogP contribution is -2.13. The zero-order valence-corrected chi connectivity index (χ0v) is 11.1. The highest BCUT2D eigenvalue weighted by Gasteiger charge is 2.11. The van der Waals surface area contributed by atoms with Crippen LogP contribution in [0.25, 0.3) is 0 Å². The summed E-state index contributed by atoms with van der Waals surface area (Å²) in [6.45, 7) is 0. The minimum Gasteiger partial charge on any atom is -0.306 e. The highest BCUT2D eigenvalue weighted by atomic mass is 35.5. The largest absolute Gasteiger partial charge is 0.306 e. The van der Waals surface area contributed by atoms with Gasteiger partial charge in [-0.1, -0.05) is 34.8 Å². The molecule has 0 saturated heterocycles. The van der Waals surface area contributed by atoms with Crippen LogP contribution in [-0.2, 0) is 0 Å². The Morgan fingerprint density at radius 1 is 1.11 bits per heavy atom. The Morgan fingerprint density at radius 2 is 1.89 bits per heavy atom. The fourth-order valence-corrected chi connectivity index (χ4v) is 1.90. The molecule has 0 saturated carbocycles. The third kappa shape index (κ3) is 3.10. The van der Waals surface area contributed by atoms with Crippen LogP contribution < -0.4 is 5.32 Å². The quantitative estimate of drug-likeness (QED) is 0.861. The van der Waals surface area contributed by atoms with Crippen molar-refractivity contribution in [3.05, 3.63) is 51.4 Å². The molecule has 92 valence electrons. The second kappa shape index (κ2) is 5.52. The standard InChI is InChI=1S/C11H6Cl3N3O/c12-6-1-2-7(8(13)3-6)11(18)17-10-4-9(14)15-5-16-10/h1-5H,(H,15,16,17,18). The maximum atomic E-state index is 11.9. The van der Waals surface area contributed by atoms with Crippen molar-refractivity contribution in [1.82, 2.24) is 9.97 Å². The van der Waals surface area contributed by atoms with Crippen molar-refractivity contribution in [2.75, 3.05) is 5.32 Å². The van der Waals surface area contributed by atoms with Gasteiger partial charge in [-0.25, -0.2) is 9.97 Å². The molecule has 0 bridgehead atoms. The number of halogens is 3. The highest BCUT2D eigenvalue weighted by molar-refractivity contribution is 6.37. The lowest BCUT2D eigenvalue weighted by molar-refractivity contribution is 0.102. The van der Waals surface area contributed by atoms with Gasteiger partial charge in [0.15, 0.2) is 0 Å². The van der Waals surface area contributed by atoms with Crippen LogP contribution in [0.5, 0.6) is 0 Å². The van der Waals surface area contributed by atoms with Crippen molar-refractivity contribution < 1.29 is 4.79 Å². The SMILES string of the molecule is O=C(Nc1cc(Cl)ncn1)c1ccc(Cl)cc1Cl. The summed E-state index contributed by atoms with van der Waals surface area (Å²) in [6.07, 6.45) is 1.25. The van der Waals surface area contributed by atoms with Crippen molar-refractivity contribution in [1.29, 1.82) is 0 Å². The summed E-state index contributed by atoms with van der Waals surface area (Å²) in [5.74, 6) is -0.0996. The van der Waals surface area contributed by atoms with Crippen LogP contribution in [0.2, 0.25) is 15.2 Å². The fourth-order valence-electron chi connectivity index (χ4n) is 1.26. The Labute approximate surface area is 118 Å². The molecule has 2 rings (SSSR count). The predicted octanol–water partition coefficient (Wildman–Crippen LogP) is 3.69. The van der Waals surface area contributed by atoms with Gasteiger partial charge in [-0.15, -0.1) is 0 Å². The van der Waals surface area contributed by atoms with E-state index in [0.29, 0.717) is 16.4 Å². The number of amides is 1. The van der Waals surface area contributed by atoms with Crippen LogP contribution in [-0.4, -0.2) is 15.9 Å². The number of nitrogens with zero attached hydrogens (tertiary/aromatic N) is 2. The first-order valence-corrected chi connectivity index (χ1v) is 5.93. The molecule has 0 aliphatic rings. The van der Waals surface area contributed by atoms with E-state index < -0.39 is 5.91 Å². The molecule has 0 aliphatic carbocycles. The average molecular weight is 303 g/mol. The molecular formula is C11H6Cl3N3O. The minimum absolute atomic E-state index is 0.238. The van der Waals surface area contributed by atoms with Gasteiger partial charge in [0.2, 0.25) is 0 Å². The Kier molecular flexibility index (Phi) is 4.01. The molecule has 4 nitrogen and oxygen atoms in total. The molecular weight excluding hydrogens is 296 g/mol. The second-order valence-corrected chi connectivity index (χ2v) is 4.54. The second-order valence-electron chi connectivity index (χ2n) is 3.30. The van der Waals surface area contributed by atoms with E-state index in [2.05, 4.69) is 15.3 Å². The third-order valence-corrected chi connectivity index (χ3v) is 2.81. The number of aromatic nitrogens is 2. The molecule has 0 spiro atoms.